The second-order valence-corrected chi connectivity index (χ2v) is 6.45. The van der Waals surface area contributed by atoms with Crippen LogP contribution in [0, 0.1) is 5.41 Å². The van der Waals surface area contributed by atoms with Crippen LogP contribution in [0.3, 0.4) is 0 Å². The van der Waals surface area contributed by atoms with Crippen molar-refractivity contribution in [3.8, 4) is 0 Å². The lowest BCUT2D eigenvalue weighted by molar-refractivity contribution is 0.0711. The molecule has 0 saturated carbocycles. The van der Waals surface area contributed by atoms with Crippen molar-refractivity contribution in [2.75, 3.05) is 0 Å². The zero-order valence-corrected chi connectivity index (χ0v) is 14.9. The van der Waals surface area contributed by atoms with E-state index in [1.165, 1.54) is 0 Å². The largest absolute Gasteiger partial charge is 0.369 e. The van der Waals surface area contributed by atoms with Crippen LogP contribution in [0.2, 0.25) is 0 Å². The van der Waals surface area contributed by atoms with E-state index in [0.717, 1.165) is 21.5 Å². The molecule has 4 rings (SSSR count). The lowest BCUT2D eigenvalue weighted by atomic mass is 10.0. The van der Waals surface area contributed by atoms with E-state index < -0.39 is 17.8 Å². The molecule has 28 heavy (non-hydrogen) atoms. The first-order chi connectivity index (χ1) is 13.5. The SMILES string of the molecule is N=C(N)N(C(=O)c1ccc2ccccc2c1)C(=O)c1ccc2ccccc2c1. The first-order valence-corrected chi connectivity index (χ1v) is 8.75. The minimum absolute atomic E-state index is 0.294. The molecule has 4 aromatic rings. The molecule has 0 aliphatic rings. The van der Waals surface area contributed by atoms with Gasteiger partial charge < -0.3 is 5.73 Å². The molecular formula is C23H17N3O2. The van der Waals surface area contributed by atoms with Gasteiger partial charge in [0.25, 0.3) is 11.8 Å². The molecule has 5 nitrogen and oxygen atoms in total. The lowest BCUT2D eigenvalue weighted by Crippen LogP contribution is -2.45. The molecule has 2 amide bonds. The highest BCUT2D eigenvalue weighted by Crippen LogP contribution is 2.20. The monoisotopic (exact) mass is 367 g/mol. The maximum atomic E-state index is 13.0. The van der Waals surface area contributed by atoms with Crippen molar-refractivity contribution in [3.05, 3.63) is 96.1 Å². The van der Waals surface area contributed by atoms with Crippen LogP contribution in [0.25, 0.3) is 21.5 Å². The molecule has 136 valence electrons. The number of hydrogen-bond donors (Lipinski definition) is 2. The topological polar surface area (TPSA) is 87.2 Å². The van der Waals surface area contributed by atoms with Crippen molar-refractivity contribution >= 4 is 39.3 Å². The first-order valence-electron chi connectivity index (χ1n) is 8.75. The van der Waals surface area contributed by atoms with E-state index in [9.17, 15) is 9.59 Å². The van der Waals surface area contributed by atoms with Gasteiger partial charge in [-0.3, -0.25) is 15.0 Å². The molecule has 0 aromatic heterocycles. The Balaban J connectivity index is 1.73. The van der Waals surface area contributed by atoms with Crippen molar-refractivity contribution in [1.29, 1.82) is 5.41 Å². The number of guanidine groups is 1. The van der Waals surface area contributed by atoms with Gasteiger partial charge >= 0.3 is 0 Å². The van der Waals surface area contributed by atoms with Crippen molar-refractivity contribution in [2.45, 2.75) is 0 Å². The number of carbonyl (C=O) groups is 2. The molecule has 0 aliphatic carbocycles. The molecular weight excluding hydrogens is 350 g/mol. The number of nitrogens with two attached hydrogens (primary N) is 1. The number of amides is 2. The van der Waals surface area contributed by atoms with E-state index in [1.54, 1.807) is 36.4 Å². The molecule has 0 unspecified atom stereocenters. The van der Waals surface area contributed by atoms with Crippen LogP contribution in [0.5, 0.6) is 0 Å². The Labute approximate surface area is 161 Å². The van der Waals surface area contributed by atoms with E-state index in [4.69, 9.17) is 11.1 Å². The van der Waals surface area contributed by atoms with Crippen molar-refractivity contribution in [1.82, 2.24) is 4.90 Å². The van der Waals surface area contributed by atoms with Crippen LogP contribution in [-0.4, -0.2) is 22.7 Å². The maximum Gasteiger partial charge on any atom is 0.267 e. The summed E-state index contributed by atoms with van der Waals surface area (Å²) in [4.78, 5) is 26.7. The number of rotatable bonds is 2. The third-order valence-corrected chi connectivity index (χ3v) is 4.64. The van der Waals surface area contributed by atoms with Crippen LogP contribution in [0.15, 0.2) is 84.9 Å². The summed E-state index contributed by atoms with van der Waals surface area (Å²) in [6.07, 6.45) is 0. The molecule has 0 radical (unpaired) electrons. The Morgan fingerprint density at radius 1 is 0.643 bits per heavy atom. The second kappa shape index (κ2) is 6.96. The van der Waals surface area contributed by atoms with Gasteiger partial charge in [0.15, 0.2) is 0 Å². The van der Waals surface area contributed by atoms with Gasteiger partial charge in [-0.25, -0.2) is 4.90 Å². The molecule has 0 atom stereocenters. The van der Waals surface area contributed by atoms with E-state index in [-0.39, 0.29) is 0 Å². The van der Waals surface area contributed by atoms with Gasteiger partial charge in [-0.15, -0.1) is 0 Å². The summed E-state index contributed by atoms with van der Waals surface area (Å²) in [5.74, 6) is -1.87. The Morgan fingerprint density at radius 3 is 1.43 bits per heavy atom. The van der Waals surface area contributed by atoms with Crippen LogP contribution in [-0.2, 0) is 0 Å². The number of benzene rings is 4. The predicted octanol–water partition coefficient (Wildman–Crippen LogP) is 4.17. The van der Waals surface area contributed by atoms with Crippen molar-refractivity contribution in [2.24, 2.45) is 5.73 Å². The van der Waals surface area contributed by atoms with Crippen LogP contribution < -0.4 is 5.73 Å². The van der Waals surface area contributed by atoms with Crippen LogP contribution >= 0.6 is 0 Å². The van der Waals surface area contributed by atoms with Gasteiger partial charge in [0.05, 0.1) is 0 Å². The van der Waals surface area contributed by atoms with E-state index in [0.29, 0.717) is 16.0 Å². The van der Waals surface area contributed by atoms with Crippen LogP contribution in [0.4, 0.5) is 0 Å². The van der Waals surface area contributed by atoms with Gasteiger partial charge in [0.1, 0.15) is 0 Å². The highest BCUT2D eigenvalue weighted by Gasteiger charge is 2.27. The predicted molar refractivity (Wildman–Crippen MR) is 110 cm³/mol. The number of fused-ring (bicyclic) bond motifs is 2. The second-order valence-electron chi connectivity index (χ2n) is 6.45. The zero-order chi connectivity index (χ0) is 19.7. The summed E-state index contributed by atoms with van der Waals surface area (Å²) >= 11 is 0. The number of nitrogens with zero attached hydrogens (tertiary/aromatic N) is 1. The summed E-state index contributed by atoms with van der Waals surface area (Å²) < 4.78 is 0. The average Bonchev–Trinajstić information content (AvgIpc) is 2.72. The number of imide groups is 1. The number of hydrogen-bond acceptors (Lipinski definition) is 3. The normalized spacial score (nSPS) is 10.7. The highest BCUT2D eigenvalue weighted by molar-refractivity contribution is 6.21. The third kappa shape index (κ3) is 3.10. The van der Waals surface area contributed by atoms with Crippen LogP contribution in [0.1, 0.15) is 20.7 Å². The Kier molecular flexibility index (Phi) is 4.33. The van der Waals surface area contributed by atoms with Gasteiger partial charge in [0, 0.05) is 11.1 Å². The van der Waals surface area contributed by atoms with Crippen molar-refractivity contribution < 1.29 is 9.59 Å². The number of carbonyl (C=O) groups excluding carboxylic acids is 2. The summed E-state index contributed by atoms with van der Waals surface area (Å²) in [5, 5.41) is 11.5. The zero-order valence-electron chi connectivity index (χ0n) is 14.9. The van der Waals surface area contributed by atoms with Gasteiger partial charge in [-0.05, 0) is 45.8 Å². The highest BCUT2D eigenvalue weighted by atomic mass is 16.2. The summed E-state index contributed by atoms with van der Waals surface area (Å²) in [7, 11) is 0. The number of nitrogens with one attached hydrogen (secondary N) is 1. The third-order valence-electron chi connectivity index (χ3n) is 4.64. The molecule has 5 heteroatoms. The quantitative estimate of drug-likeness (QED) is 0.317. The molecule has 4 aromatic carbocycles. The minimum Gasteiger partial charge on any atom is -0.369 e. The Bertz CT molecular complexity index is 1160. The molecule has 0 spiro atoms. The Hall–Kier alpha value is -3.99. The molecule has 0 heterocycles. The smallest absolute Gasteiger partial charge is 0.267 e. The first kappa shape index (κ1) is 17.4. The van der Waals surface area contributed by atoms with Gasteiger partial charge in [-0.1, -0.05) is 60.7 Å². The summed E-state index contributed by atoms with van der Waals surface area (Å²) in [5.41, 5.74) is 6.20. The van der Waals surface area contributed by atoms with Crippen molar-refractivity contribution in [3.63, 3.8) is 0 Å². The average molecular weight is 367 g/mol. The fourth-order valence-corrected chi connectivity index (χ4v) is 3.21. The van der Waals surface area contributed by atoms with Gasteiger partial charge in [0.2, 0.25) is 5.96 Å². The lowest BCUT2D eigenvalue weighted by Gasteiger charge is -2.19. The van der Waals surface area contributed by atoms with Gasteiger partial charge in [-0.2, -0.15) is 0 Å². The summed E-state index contributed by atoms with van der Waals surface area (Å²) in [6, 6.07) is 25.5. The van der Waals surface area contributed by atoms with E-state index >= 15 is 0 Å². The molecule has 0 fully saturated rings. The maximum absolute atomic E-state index is 13.0. The molecule has 3 N–H and O–H groups in total. The fraction of sp³-hybridized carbons (Fsp3) is 0. The van der Waals surface area contributed by atoms with E-state index in [2.05, 4.69) is 0 Å². The molecule has 0 bridgehead atoms. The standard InChI is InChI=1S/C23H17N3O2/c24-23(25)26(21(27)19-11-9-15-5-1-3-7-17(15)13-19)22(28)20-12-10-16-6-2-4-8-18(16)14-20/h1-14H,(H3,24,25). The minimum atomic E-state index is -0.628. The fourth-order valence-electron chi connectivity index (χ4n) is 3.21. The Morgan fingerprint density at radius 2 is 1.04 bits per heavy atom. The summed E-state index contributed by atoms with van der Waals surface area (Å²) in [6.45, 7) is 0. The van der Waals surface area contributed by atoms with E-state index in [1.807, 2.05) is 48.5 Å². The molecule has 0 aliphatic heterocycles. The molecule has 0 saturated heterocycles.